The van der Waals surface area contributed by atoms with Gasteiger partial charge in [0.05, 0.1) is 0 Å². The Labute approximate surface area is 99.5 Å². The number of halogens is 5. The van der Waals surface area contributed by atoms with Gasteiger partial charge in [-0.25, -0.2) is 0 Å². The molecule has 0 saturated heterocycles. The highest BCUT2D eigenvalue weighted by Gasteiger charge is 2.61. The van der Waals surface area contributed by atoms with Crippen LogP contribution in [0.2, 0.25) is 0 Å². The summed E-state index contributed by atoms with van der Waals surface area (Å²) in [6.45, 7) is 0. The third kappa shape index (κ3) is 2.40. The van der Waals surface area contributed by atoms with Crippen molar-refractivity contribution >= 4 is 0 Å². The number of nitrogens with two attached hydrogens (primary N) is 1. The molecule has 0 bridgehead atoms. The molecule has 0 atom stereocenters. The molecule has 0 radical (unpaired) electrons. The molecule has 100 valence electrons. The van der Waals surface area contributed by atoms with Gasteiger partial charge >= 0.3 is 12.3 Å². The summed E-state index contributed by atoms with van der Waals surface area (Å²) in [5.41, 5.74) is 5.70. The van der Waals surface area contributed by atoms with Crippen LogP contribution in [0.1, 0.15) is 18.4 Å². The Hall–Kier alpha value is -1.37. The summed E-state index contributed by atoms with van der Waals surface area (Å²) in [6.07, 6.45) is -9.61. The number of ether oxygens (including phenoxy) is 1. The van der Waals surface area contributed by atoms with Gasteiger partial charge in [-0.3, -0.25) is 0 Å². The van der Waals surface area contributed by atoms with Crippen LogP contribution in [0.5, 0.6) is 5.75 Å². The molecule has 0 spiro atoms. The predicted molar refractivity (Wildman–Crippen MR) is 53.2 cm³/mol. The van der Waals surface area contributed by atoms with Gasteiger partial charge in [-0.15, -0.1) is 0 Å². The van der Waals surface area contributed by atoms with E-state index in [1.54, 1.807) is 6.07 Å². The van der Waals surface area contributed by atoms with Gasteiger partial charge < -0.3 is 10.5 Å². The molecular weight excluding hydrogens is 257 g/mol. The quantitative estimate of drug-likeness (QED) is 0.854. The van der Waals surface area contributed by atoms with E-state index in [9.17, 15) is 22.0 Å². The summed E-state index contributed by atoms with van der Waals surface area (Å²) in [7, 11) is 0. The van der Waals surface area contributed by atoms with Gasteiger partial charge in [-0.1, -0.05) is 12.1 Å². The van der Waals surface area contributed by atoms with Crippen molar-refractivity contribution in [3.63, 3.8) is 0 Å². The molecule has 1 aliphatic carbocycles. The third-order valence-electron chi connectivity index (χ3n) is 2.77. The second-order valence-electron chi connectivity index (χ2n) is 4.30. The molecule has 1 fully saturated rings. The summed E-state index contributed by atoms with van der Waals surface area (Å²) in [4.78, 5) is 0. The van der Waals surface area contributed by atoms with E-state index in [1.807, 2.05) is 0 Å². The smallest absolute Gasteiger partial charge is 0.426 e. The topological polar surface area (TPSA) is 35.2 Å². The number of hydrogen-bond acceptors (Lipinski definition) is 2. The van der Waals surface area contributed by atoms with Crippen molar-refractivity contribution in [1.82, 2.24) is 0 Å². The van der Waals surface area contributed by atoms with Gasteiger partial charge in [-0.2, -0.15) is 22.0 Å². The van der Waals surface area contributed by atoms with Crippen LogP contribution in [0, 0.1) is 0 Å². The number of benzene rings is 1. The minimum absolute atomic E-state index is 0.498. The molecule has 7 heteroatoms. The predicted octanol–water partition coefficient (Wildman–Crippen LogP) is 3.17. The third-order valence-corrected chi connectivity index (χ3v) is 2.77. The first-order valence-electron chi connectivity index (χ1n) is 5.17. The molecule has 0 aromatic heterocycles. The van der Waals surface area contributed by atoms with E-state index in [-0.39, 0.29) is 0 Å². The molecule has 1 aromatic rings. The summed E-state index contributed by atoms with van der Waals surface area (Å²) >= 11 is 0. The first-order chi connectivity index (χ1) is 8.14. The fraction of sp³-hybridized carbons (Fsp3) is 0.455. The van der Waals surface area contributed by atoms with Crippen molar-refractivity contribution in [3.8, 4) is 5.75 Å². The lowest BCUT2D eigenvalue weighted by molar-refractivity contribution is -0.360. The molecule has 1 saturated carbocycles. The molecule has 0 heterocycles. The normalized spacial score (nSPS) is 18.6. The molecule has 2 N–H and O–H groups in total. The highest BCUT2D eigenvalue weighted by Crippen LogP contribution is 2.44. The Kier molecular flexibility index (Phi) is 2.77. The molecule has 0 unspecified atom stereocenters. The van der Waals surface area contributed by atoms with E-state index in [0.29, 0.717) is 18.4 Å². The average molecular weight is 267 g/mol. The fourth-order valence-corrected chi connectivity index (χ4v) is 1.50. The summed E-state index contributed by atoms with van der Waals surface area (Å²) < 4.78 is 65.0. The van der Waals surface area contributed by atoms with Crippen LogP contribution in [0.25, 0.3) is 0 Å². The van der Waals surface area contributed by atoms with Gasteiger partial charge in [0.1, 0.15) is 5.75 Å². The lowest BCUT2D eigenvalue weighted by atomic mass is 10.1. The van der Waals surface area contributed by atoms with Crippen LogP contribution in [-0.4, -0.2) is 12.3 Å². The summed E-state index contributed by atoms with van der Waals surface area (Å²) in [5, 5.41) is 0. The van der Waals surface area contributed by atoms with Crippen LogP contribution in [0.15, 0.2) is 24.3 Å². The maximum Gasteiger partial charge on any atom is 0.499 e. The Balaban J connectivity index is 2.20. The molecule has 2 rings (SSSR count). The number of alkyl halides is 5. The van der Waals surface area contributed by atoms with Crippen LogP contribution in [-0.2, 0) is 5.54 Å². The van der Waals surface area contributed by atoms with Gasteiger partial charge in [0.15, 0.2) is 0 Å². The van der Waals surface area contributed by atoms with Crippen molar-refractivity contribution in [2.24, 2.45) is 5.73 Å². The zero-order valence-electron chi connectivity index (χ0n) is 9.10. The molecular formula is C11H10F5NO. The molecule has 1 aromatic carbocycles. The van der Waals surface area contributed by atoms with Gasteiger partial charge in [-0.05, 0) is 30.5 Å². The highest BCUT2D eigenvalue weighted by molar-refractivity contribution is 5.36. The van der Waals surface area contributed by atoms with Crippen LogP contribution < -0.4 is 10.5 Å². The van der Waals surface area contributed by atoms with Crippen molar-refractivity contribution < 1.29 is 26.7 Å². The first-order valence-corrected chi connectivity index (χ1v) is 5.17. The summed E-state index contributed by atoms with van der Waals surface area (Å²) in [6, 6.07) is 5.07. The molecule has 0 amide bonds. The second-order valence-corrected chi connectivity index (χ2v) is 4.30. The SMILES string of the molecule is NC1(c2cccc(OC(F)(F)C(F)(F)F)c2)CC1. The highest BCUT2D eigenvalue weighted by atomic mass is 19.4. The molecule has 18 heavy (non-hydrogen) atoms. The number of hydrogen-bond donors (Lipinski definition) is 1. The van der Waals surface area contributed by atoms with Crippen LogP contribution in [0.3, 0.4) is 0 Å². The van der Waals surface area contributed by atoms with E-state index in [0.717, 1.165) is 12.1 Å². The zero-order valence-corrected chi connectivity index (χ0v) is 9.10. The Bertz CT molecular complexity index is 453. The van der Waals surface area contributed by atoms with Crippen molar-refractivity contribution in [1.29, 1.82) is 0 Å². The van der Waals surface area contributed by atoms with Crippen molar-refractivity contribution in [2.45, 2.75) is 30.7 Å². The van der Waals surface area contributed by atoms with E-state index >= 15 is 0 Å². The maximum atomic E-state index is 12.7. The molecule has 0 aliphatic heterocycles. The minimum Gasteiger partial charge on any atom is -0.426 e. The second kappa shape index (κ2) is 3.81. The van der Waals surface area contributed by atoms with Crippen molar-refractivity contribution in [2.75, 3.05) is 0 Å². The maximum absolute atomic E-state index is 12.7. The fourth-order valence-electron chi connectivity index (χ4n) is 1.50. The monoisotopic (exact) mass is 267 g/mol. The minimum atomic E-state index is -5.75. The largest absolute Gasteiger partial charge is 0.499 e. The van der Waals surface area contributed by atoms with E-state index < -0.39 is 23.6 Å². The summed E-state index contributed by atoms with van der Waals surface area (Å²) in [5.74, 6) is -0.549. The van der Waals surface area contributed by atoms with Crippen LogP contribution >= 0.6 is 0 Å². The van der Waals surface area contributed by atoms with Crippen LogP contribution in [0.4, 0.5) is 22.0 Å². The van der Waals surface area contributed by atoms with E-state index in [1.165, 1.54) is 6.07 Å². The zero-order chi connectivity index (χ0) is 13.6. The lowest BCUT2D eigenvalue weighted by Gasteiger charge is -2.21. The van der Waals surface area contributed by atoms with Gasteiger partial charge in [0.2, 0.25) is 0 Å². The molecule has 1 aliphatic rings. The standard InChI is InChI=1S/C11H10F5NO/c12-10(13,14)11(15,16)18-8-3-1-2-7(6-8)9(17)4-5-9/h1-3,6H,4-5,17H2. The Morgan fingerprint density at radius 2 is 1.72 bits per heavy atom. The number of rotatable bonds is 3. The van der Waals surface area contributed by atoms with E-state index in [2.05, 4.69) is 4.74 Å². The van der Waals surface area contributed by atoms with Gasteiger partial charge in [0, 0.05) is 5.54 Å². The van der Waals surface area contributed by atoms with E-state index in [4.69, 9.17) is 5.73 Å². The van der Waals surface area contributed by atoms with Crippen molar-refractivity contribution in [3.05, 3.63) is 29.8 Å². The Morgan fingerprint density at radius 3 is 2.22 bits per heavy atom. The first kappa shape index (κ1) is 13.1. The Morgan fingerprint density at radius 1 is 1.11 bits per heavy atom. The average Bonchev–Trinajstić information content (AvgIpc) is 2.96. The lowest BCUT2D eigenvalue weighted by Crippen LogP contribution is -2.41. The molecule has 2 nitrogen and oxygen atoms in total. The van der Waals surface area contributed by atoms with Gasteiger partial charge in [0.25, 0.3) is 0 Å².